The molecule has 0 aromatic rings. The number of carbonyl (C=O) groups is 2. The van der Waals surface area contributed by atoms with Gasteiger partial charge in [0.2, 0.25) is 11.8 Å². The van der Waals surface area contributed by atoms with Gasteiger partial charge in [-0.3, -0.25) is 9.59 Å². The molecule has 1 fully saturated rings. The van der Waals surface area contributed by atoms with E-state index >= 15 is 0 Å². The normalized spacial score (nSPS) is 23.8. The Labute approximate surface area is 110 Å². The first-order valence-electron chi connectivity index (χ1n) is 7.00. The maximum atomic E-state index is 12.3. The molecule has 0 aromatic heterocycles. The van der Waals surface area contributed by atoms with Crippen molar-refractivity contribution in [1.82, 2.24) is 10.2 Å². The number of nitrogens with one attached hydrogen (secondary N) is 1. The Morgan fingerprint density at radius 2 is 2.17 bits per heavy atom. The summed E-state index contributed by atoms with van der Waals surface area (Å²) in [4.78, 5) is 25.9. The van der Waals surface area contributed by atoms with Gasteiger partial charge in [0.05, 0.1) is 0 Å². The van der Waals surface area contributed by atoms with Gasteiger partial charge in [0.25, 0.3) is 0 Å². The summed E-state index contributed by atoms with van der Waals surface area (Å²) in [5, 5.41) is 2.96. The van der Waals surface area contributed by atoms with Crippen molar-refractivity contribution in [2.24, 2.45) is 5.92 Å². The zero-order valence-corrected chi connectivity index (χ0v) is 12.1. The molecule has 0 radical (unpaired) electrons. The van der Waals surface area contributed by atoms with Crippen LogP contribution < -0.4 is 5.32 Å². The van der Waals surface area contributed by atoms with Crippen molar-refractivity contribution in [2.45, 2.75) is 58.9 Å². The zero-order chi connectivity index (χ0) is 13.8. The van der Waals surface area contributed by atoms with Gasteiger partial charge in [-0.05, 0) is 25.7 Å². The molecule has 2 amide bonds. The highest BCUT2D eigenvalue weighted by molar-refractivity contribution is 5.94. The summed E-state index contributed by atoms with van der Waals surface area (Å²) in [6, 6.07) is 0. The SMILES string of the molecule is CCCCNC(=O)C1(C)CCC(=O)N1CC(C)C. The Kier molecular flexibility index (Phi) is 5.17. The quantitative estimate of drug-likeness (QED) is 0.736. The molecule has 1 N–H and O–H groups in total. The van der Waals surface area contributed by atoms with E-state index in [9.17, 15) is 9.59 Å². The van der Waals surface area contributed by atoms with Crippen molar-refractivity contribution in [3.05, 3.63) is 0 Å². The molecule has 1 aliphatic heterocycles. The predicted molar refractivity (Wildman–Crippen MR) is 72.1 cm³/mol. The summed E-state index contributed by atoms with van der Waals surface area (Å²) in [6.07, 6.45) is 3.17. The highest BCUT2D eigenvalue weighted by Gasteiger charge is 2.46. The lowest BCUT2D eigenvalue weighted by molar-refractivity contribution is -0.141. The van der Waals surface area contributed by atoms with Gasteiger partial charge in [-0.15, -0.1) is 0 Å². The molecule has 1 atom stereocenters. The molecular formula is C14H26N2O2. The molecule has 0 bridgehead atoms. The molecule has 0 aromatic carbocycles. The van der Waals surface area contributed by atoms with E-state index < -0.39 is 5.54 Å². The lowest BCUT2D eigenvalue weighted by Crippen LogP contribution is -2.55. The van der Waals surface area contributed by atoms with Crippen LogP contribution in [0.15, 0.2) is 0 Å². The molecule has 1 rings (SSSR count). The van der Waals surface area contributed by atoms with Crippen LogP contribution in [0.4, 0.5) is 0 Å². The van der Waals surface area contributed by atoms with Crippen LogP contribution in [-0.2, 0) is 9.59 Å². The topological polar surface area (TPSA) is 49.4 Å². The maximum absolute atomic E-state index is 12.3. The molecule has 0 saturated carbocycles. The number of hydrogen-bond acceptors (Lipinski definition) is 2. The summed E-state index contributed by atoms with van der Waals surface area (Å²) in [6.45, 7) is 9.49. The molecule has 1 heterocycles. The van der Waals surface area contributed by atoms with Crippen LogP contribution in [0.1, 0.15) is 53.4 Å². The van der Waals surface area contributed by atoms with Gasteiger partial charge in [-0.1, -0.05) is 27.2 Å². The van der Waals surface area contributed by atoms with Crippen LogP contribution in [0.25, 0.3) is 0 Å². The minimum Gasteiger partial charge on any atom is -0.354 e. The molecule has 4 nitrogen and oxygen atoms in total. The first-order valence-corrected chi connectivity index (χ1v) is 7.00. The van der Waals surface area contributed by atoms with Gasteiger partial charge in [0.15, 0.2) is 0 Å². The molecular weight excluding hydrogens is 228 g/mol. The second-order valence-electron chi connectivity index (χ2n) is 5.78. The van der Waals surface area contributed by atoms with Gasteiger partial charge in [0.1, 0.15) is 5.54 Å². The van der Waals surface area contributed by atoms with E-state index in [-0.39, 0.29) is 11.8 Å². The van der Waals surface area contributed by atoms with Crippen molar-refractivity contribution in [2.75, 3.05) is 13.1 Å². The van der Waals surface area contributed by atoms with Crippen LogP contribution in [0.3, 0.4) is 0 Å². The molecule has 0 aliphatic carbocycles. The summed E-state index contributed by atoms with van der Waals surface area (Å²) >= 11 is 0. The van der Waals surface area contributed by atoms with Gasteiger partial charge in [-0.25, -0.2) is 0 Å². The number of rotatable bonds is 6. The monoisotopic (exact) mass is 254 g/mol. The Hall–Kier alpha value is -1.06. The van der Waals surface area contributed by atoms with Crippen LogP contribution in [0.2, 0.25) is 0 Å². The smallest absolute Gasteiger partial charge is 0.245 e. The van der Waals surface area contributed by atoms with Gasteiger partial charge in [-0.2, -0.15) is 0 Å². The zero-order valence-electron chi connectivity index (χ0n) is 12.1. The highest BCUT2D eigenvalue weighted by Crippen LogP contribution is 2.31. The molecule has 18 heavy (non-hydrogen) atoms. The summed E-state index contributed by atoms with van der Waals surface area (Å²) in [5.41, 5.74) is -0.644. The lowest BCUT2D eigenvalue weighted by Gasteiger charge is -2.35. The van der Waals surface area contributed by atoms with Crippen LogP contribution in [0, 0.1) is 5.92 Å². The average molecular weight is 254 g/mol. The number of hydrogen-bond donors (Lipinski definition) is 1. The third kappa shape index (κ3) is 3.24. The molecule has 1 saturated heterocycles. The van der Waals surface area contributed by atoms with Crippen LogP contribution in [-0.4, -0.2) is 35.3 Å². The van der Waals surface area contributed by atoms with Gasteiger partial charge >= 0.3 is 0 Å². The Bertz CT molecular complexity index is 315. The van der Waals surface area contributed by atoms with E-state index in [1.165, 1.54) is 0 Å². The average Bonchev–Trinajstić information content (AvgIpc) is 2.58. The van der Waals surface area contributed by atoms with Gasteiger partial charge in [0, 0.05) is 19.5 Å². The highest BCUT2D eigenvalue weighted by atomic mass is 16.2. The van der Waals surface area contributed by atoms with Crippen molar-refractivity contribution < 1.29 is 9.59 Å². The van der Waals surface area contributed by atoms with Crippen LogP contribution in [0.5, 0.6) is 0 Å². The first-order chi connectivity index (χ1) is 8.41. The Morgan fingerprint density at radius 1 is 1.50 bits per heavy atom. The fourth-order valence-electron chi connectivity index (χ4n) is 2.37. The largest absolute Gasteiger partial charge is 0.354 e. The summed E-state index contributed by atoms with van der Waals surface area (Å²) < 4.78 is 0. The lowest BCUT2D eigenvalue weighted by atomic mass is 9.96. The van der Waals surface area contributed by atoms with Crippen molar-refractivity contribution in [1.29, 1.82) is 0 Å². The first kappa shape index (κ1) is 15.0. The van der Waals surface area contributed by atoms with E-state index in [4.69, 9.17) is 0 Å². The Morgan fingerprint density at radius 3 is 2.72 bits per heavy atom. The van der Waals surface area contributed by atoms with E-state index in [1.807, 2.05) is 6.92 Å². The number of amides is 2. The minimum atomic E-state index is -0.644. The van der Waals surface area contributed by atoms with E-state index in [2.05, 4.69) is 26.1 Å². The number of nitrogens with zero attached hydrogens (tertiary/aromatic N) is 1. The molecule has 104 valence electrons. The third-order valence-corrected chi connectivity index (χ3v) is 3.58. The van der Waals surface area contributed by atoms with Crippen LogP contribution >= 0.6 is 0 Å². The van der Waals surface area contributed by atoms with E-state index in [1.54, 1.807) is 4.90 Å². The molecule has 1 aliphatic rings. The third-order valence-electron chi connectivity index (χ3n) is 3.58. The molecule has 1 unspecified atom stereocenters. The standard InChI is InChI=1S/C14H26N2O2/c1-5-6-9-15-13(18)14(4)8-7-12(17)16(14)10-11(2)3/h11H,5-10H2,1-4H3,(H,15,18). The number of unbranched alkanes of at least 4 members (excludes halogenated alkanes) is 1. The second kappa shape index (κ2) is 6.21. The fourth-order valence-corrected chi connectivity index (χ4v) is 2.37. The minimum absolute atomic E-state index is 0.00227. The Balaban J connectivity index is 2.69. The van der Waals surface area contributed by atoms with Crippen molar-refractivity contribution in [3.63, 3.8) is 0 Å². The molecule has 0 spiro atoms. The summed E-state index contributed by atoms with van der Waals surface area (Å²) in [5.74, 6) is 0.495. The number of carbonyl (C=O) groups excluding carboxylic acids is 2. The van der Waals surface area contributed by atoms with Crippen molar-refractivity contribution >= 4 is 11.8 Å². The van der Waals surface area contributed by atoms with E-state index in [0.717, 1.165) is 12.8 Å². The second-order valence-corrected chi connectivity index (χ2v) is 5.78. The van der Waals surface area contributed by atoms with E-state index in [0.29, 0.717) is 31.8 Å². The van der Waals surface area contributed by atoms with Gasteiger partial charge < -0.3 is 10.2 Å². The summed E-state index contributed by atoms with van der Waals surface area (Å²) in [7, 11) is 0. The maximum Gasteiger partial charge on any atom is 0.245 e. The molecule has 4 heteroatoms. The fraction of sp³-hybridized carbons (Fsp3) is 0.857. The van der Waals surface area contributed by atoms with Crippen molar-refractivity contribution in [3.8, 4) is 0 Å². The predicted octanol–water partition coefficient (Wildman–Crippen LogP) is 1.94. The number of likely N-dealkylation sites (tertiary alicyclic amines) is 1.